The number of carbonyl (C=O) groups is 1. The second-order valence-corrected chi connectivity index (χ2v) is 7.11. The van der Waals surface area contributed by atoms with E-state index in [2.05, 4.69) is 52.5 Å². The molecule has 0 bridgehead atoms. The summed E-state index contributed by atoms with van der Waals surface area (Å²) in [6, 6.07) is 12.2. The number of anilines is 1. The topological polar surface area (TPSA) is 77.1 Å². The summed E-state index contributed by atoms with van der Waals surface area (Å²) in [6.07, 6.45) is 1.93. The first kappa shape index (κ1) is 17.9. The minimum atomic E-state index is -0.211. The fourth-order valence-electron chi connectivity index (χ4n) is 3.28. The molecule has 3 heterocycles. The van der Waals surface area contributed by atoms with Crippen LogP contribution in [0.25, 0.3) is 16.8 Å². The van der Waals surface area contributed by atoms with Crippen LogP contribution in [-0.2, 0) is 11.3 Å². The predicted octanol–water partition coefficient (Wildman–Crippen LogP) is 3.47. The van der Waals surface area contributed by atoms with Crippen molar-refractivity contribution in [2.45, 2.75) is 34.2 Å². The van der Waals surface area contributed by atoms with E-state index in [9.17, 15) is 4.79 Å². The van der Waals surface area contributed by atoms with Gasteiger partial charge in [-0.15, -0.1) is 5.10 Å². The van der Waals surface area contributed by atoms with Crippen molar-refractivity contribution in [1.29, 1.82) is 0 Å². The van der Waals surface area contributed by atoms with Crippen LogP contribution in [0.3, 0.4) is 0 Å². The van der Waals surface area contributed by atoms with Crippen molar-refractivity contribution in [2.75, 3.05) is 5.32 Å². The fourth-order valence-corrected chi connectivity index (χ4v) is 3.28. The van der Waals surface area contributed by atoms with Crippen molar-refractivity contribution in [1.82, 2.24) is 24.4 Å². The van der Waals surface area contributed by atoms with Gasteiger partial charge in [-0.2, -0.15) is 10.1 Å². The number of fused-ring (bicyclic) bond motifs is 1. The van der Waals surface area contributed by atoms with Gasteiger partial charge in [-0.1, -0.05) is 23.8 Å². The fraction of sp³-hybridized carbons (Fsp3) is 0.238. The van der Waals surface area contributed by atoms with E-state index >= 15 is 0 Å². The molecule has 28 heavy (non-hydrogen) atoms. The summed E-state index contributed by atoms with van der Waals surface area (Å²) in [5.74, 6) is 0.0708. The average molecular weight is 374 g/mol. The molecule has 0 spiro atoms. The van der Waals surface area contributed by atoms with Gasteiger partial charge in [0.15, 0.2) is 5.65 Å². The highest BCUT2D eigenvalue weighted by atomic mass is 16.2. The van der Waals surface area contributed by atoms with Crippen molar-refractivity contribution >= 4 is 17.5 Å². The van der Waals surface area contributed by atoms with Gasteiger partial charge in [0.05, 0.1) is 5.69 Å². The van der Waals surface area contributed by atoms with Gasteiger partial charge in [0.1, 0.15) is 6.54 Å². The van der Waals surface area contributed by atoms with E-state index in [1.807, 2.05) is 38.2 Å². The van der Waals surface area contributed by atoms with E-state index in [0.29, 0.717) is 5.65 Å². The Morgan fingerprint density at radius 2 is 1.86 bits per heavy atom. The second-order valence-electron chi connectivity index (χ2n) is 7.11. The molecule has 0 saturated heterocycles. The zero-order valence-electron chi connectivity index (χ0n) is 16.4. The molecule has 0 radical (unpaired) electrons. The van der Waals surface area contributed by atoms with E-state index in [4.69, 9.17) is 0 Å². The van der Waals surface area contributed by atoms with Crippen LogP contribution in [0, 0.1) is 27.7 Å². The maximum Gasteiger partial charge on any atom is 0.249 e. The Hall–Kier alpha value is -3.48. The van der Waals surface area contributed by atoms with E-state index in [0.717, 1.165) is 22.5 Å². The van der Waals surface area contributed by atoms with Crippen LogP contribution < -0.4 is 5.32 Å². The molecular formula is C21H22N6O. The number of hydrogen-bond donors (Lipinski definition) is 1. The summed E-state index contributed by atoms with van der Waals surface area (Å²) < 4.78 is 3.36. The molecule has 7 nitrogen and oxygen atoms in total. The normalized spacial score (nSPS) is 11.1. The first-order valence-electron chi connectivity index (χ1n) is 9.14. The summed E-state index contributed by atoms with van der Waals surface area (Å²) in [4.78, 5) is 16.7. The largest absolute Gasteiger partial charge is 0.292 e. The molecule has 1 aromatic carbocycles. The van der Waals surface area contributed by atoms with E-state index in [1.165, 1.54) is 11.1 Å². The van der Waals surface area contributed by atoms with Crippen molar-refractivity contribution < 1.29 is 4.79 Å². The SMILES string of the molecule is Cc1ccc(C)c(-c2ccc3nc(NC(=O)Cn4nc(C)cc4C)nn3c2)c1. The third-order valence-electron chi connectivity index (χ3n) is 4.68. The lowest BCUT2D eigenvalue weighted by Crippen LogP contribution is -2.21. The number of nitrogens with zero attached hydrogens (tertiary/aromatic N) is 5. The molecule has 0 aliphatic rings. The molecule has 1 N–H and O–H groups in total. The molecule has 0 atom stereocenters. The van der Waals surface area contributed by atoms with E-state index in [-0.39, 0.29) is 18.4 Å². The molecule has 1 amide bonds. The molecule has 4 rings (SSSR count). The number of aryl methyl sites for hydroxylation is 4. The van der Waals surface area contributed by atoms with Crippen LogP contribution in [0.2, 0.25) is 0 Å². The van der Waals surface area contributed by atoms with Gasteiger partial charge in [-0.05, 0) is 57.0 Å². The Morgan fingerprint density at radius 1 is 1.04 bits per heavy atom. The quantitative estimate of drug-likeness (QED) is 0.593. The number of pyridine rings is 1. The Kier molecular flexibility index (Phi) is 4.43. The van der Waals surface area contributed by atoms with Gasteiger partial charge >= 0.3 is 0 Å². The summed E-state index contributed by atoms with van der Waals surface area (Å²) in [7, 11) is 0. The predicted molar refractivity (Wildman–Crippen MR) is 108 cm³/mol. The molecule has 142 valence electrons. The Labute approximate surface area is 163 Å². The van der Waals surface area contributed by atoms with Gasteiger partial charge in [0, 0.05) is 17.5 Å². The highest BCUT2D eigenvalue weighted by Crippen LogP contribution is 2.25. The van der Waals surface area contributed by atoms with Gasteiger partial charge in [-0.3, -0.25) is 14.8 Å². The maximum atomic E-state index is 12.3. The smallest absolute Gasteiger partial charge is 0.249 e. The van der Waals surface area contributed by atoms with Crippen LogP contribution in [0.5, 0.6) is 0 Å². The van der Waals surface area contributed by atoms with Crippen molar-refractivity contribution in [3.8, 4) is 11.1 Å². The molecular weight excluding hydrogens is 352 g/mol. The monoisotopic (exact) mass is 374 g/mol. The standard InChI is InChI=1S/C21H22N6O/c1-13-5-6-14(2)18(9-13)17-7-8-19-22-21(25-27(19)11-17)23-20(28)12-26-16(4)10-15(3)24-26/h5-11H,12H2,1-4H3,(H,23,25,28). The molecule has 0 saturated carbocycles. The number of nitrogens with one attached hydrogen (secondary N) is 1. The van der Waals surface area contributed by atoms with Crippen LogP contribution >= 0.6 is 0 Å². The zero-order chi connectivity index (χ0) is 19.8. The third-order valence-corrected chi connectivity index (χ3v) is 4.68. The number of benzene rings is 1. The minimum absolute atomic E-state index is 0.128. The first-order chi connectivity index (χ1) is 13.4. The molecule has 3 aromatic heterocycles. The highest BCUT2D eigenvalue weighted by Gasteiger charge is 2.12. The Balaban J connectivity index is 1.57. The van der Waals surface area contributed by atoms with E-state index in [1.54, 1.807) is 9.20 Å². The summed E-state index contributed by atoms with van der Waals surface area (Å²) in [5.41, 5.74) is 7.12. The molecule has 0 unspecified atom stereocenters. The van der Waals surface area contributed by atoms with Crippen molar-refractivity contribution in [3.05, 3.63) is 65.1 Å². The lowest BCUT2D eigenvalue weighted by molar-refractivity contribution is -0.117. The summed E-state index contributed by atoms with van der Waals surface area (Å²) in [6.45, 7) is 8.12. The average Bonchev–Trinajstić information content (AvgIpc) is 3.17. The zero-order valence-corrected chi connectivity index (χ0v) is 16.4. The number of carbonyl (C=O) groups excluding carboxylic acids is 1. The molecule has 0 aliphatic carbocycles. The Morgan fingerprint density at radius 3 is 2.61 bits per heavy atom. The Bertz CT molecular complexity index is 1190. The summed E-state index contributed by atoms with van der Waals surface area (Å²) >= 11 is 0. The molecule has 7 heteroatoms. The summed E-state index contributed by atoms with van der Waals surface area (Å²) in [5, 5.41) is 11.5. The van der Waals surface area contributed by atoms with Gasteiger partial charge in [0.25, 0.3) is 0 Å². The number of aromatic nitrogens is 5. The van der Waals surface area contributed by atoms with Crippen molar-refractivity contribution in [3.63, 3.8) is 0 Å². The number of rotatable bonds is 4. The second kappa shape index (κ2) is 6.92. The lowest BCUT2D eigenvalue weighted by Gasteiger charge is -2.07. The van der Waals surface area contributed by atoms with E-state index < -0.39 is 0 Å². The lowest BCUT2D eigenvalue weighted by atomic mass is 10.00. The maximum absolute atomic E-state index is 12.3. The van der Waals surface area contributed by atoms with Crippen molar-refractivity contribution in [2.24, 2.45) is 0 Å². The van der Waals surface area contributed by atoms with Gasteiger partial charge in [0.2, 0.25) is 11.9 Å². The molecule has 4 aromatic rings. The van der Waals surface area contributed by atoms with Crippen LogP contribution in [-0.4, -0.2) is 30.3 Å². The molecule has 0 fully saturated rings. The minimum Gasteiger partial charge on any atom is -0.292 e. The van der Waals surface area contributed by atoms with Gasteiger partial charge < -0.3 is 0 Å². The number of hydrogen-bond acceptors (Lipinski definition) is 4. The first-order valence-corrected chi connectivity index (χ1v) is 9.14. The van der Waals surface area contributed by atoms with Crippen LogP contribution in [0.15, 0.2) is 42.6 Å². The third kappa shape index (κ3) is 3.51. The number of amides is 1. The van der Waals surface area contributed by atoms with Crippen LogP contribution in [0.4, 0.5) is 5.95 Å². The van der Waals surface area contributed by atoms with Gasteiger partial charge in [-0.25, -0.2) is 4.52 Å². The molecule has 0 aliphatic heterocycles. The van der Waals surface area contributed by atoms with Crippen LogP contribution in [0.1, 0.15) is 22.5 Å². The highest BCUT2D eigenvalue weighted by molar-refractivity contribution is 5.89.